The van der Waals surface area contributed by atoms with Gasteiger partial charge in [0.15, 0.2) is 0 Å². The summed E-state index contributed by atoms with van der Waals surface area (Å²) in [6, 6.07) is -0.975. The highest BCUT2D eigenvalue weighted by atomic mass is 16.5. The second-order valence-corrected chi connectivity index (χ2v) is 4.93. The fraction of sp³-hybridized carbons (Fsp3) is 0.667. The van der Waals surface area contributed by atoms with Crippen molar-refractivity contribution >= 4 is 0 Å². The average molecular weight is 285 g/mol. The highest BCUT2D eigenvalue weighted by molar-refractivity contribution is 5.05. The molecule has 2 heterocycles. The van der Waals surface area contributed by atoms with Gasteiger partial charge >= 0.3 is 5.69 Å². The van der Waals surface area contributed by atoms with Crippen LogP contribution in [0.5, 0.6) is 0 Å². The van der Waals surface area contributed by atoms with Gasteiger partial charge in [-0.3, -0.25) is 14.3 Å². The zero-order valence-corrected chi connectivity index (χ0v) is 11.4. The van der Waals surface area contributed by atoms with Crippen LogP contribution >= 0.6 is 0 Å². The predicted molar refractivity (Wildman–Crippen MR) is 70.8 cm³/mol. The Bertz CT molecular complexity index is 581. The van der Waals surface area contributed by atoms with Gasteiger partial charge in [-0.25, -0.2) is 4.79 Å². The normalized spacial score (nSPS) is 30.4. The number of nitrogens with one attached hydrogen (secondary N) is 2. The molecule has 0 radical (unpaired) electrons. The molecule has 1 fully saturated rings. The summed E-state index contributed by atoms with van der Waals surface area (Å²) in [5, 5.41) is 22.3. The third-order valence-electron chi connectivity index (χ3n) is 3.69. The Kier molecular flexibility index (Phi) is 4.39. The lowest BCUT2D eigenvalue weighted by Gasteiger charge is -2.40. The Morgan fingerprint density at radius 1 is 1.50 bits per heavy atom. The van der Waals surface area contributed by atoms with E-state index in [9.17, 15) is 19.8 Å². The lowest BCUT2D eigenvalue weighted by molar-refractivity contribution is -0.0850. The van der Waals surface area contributed by atoms with Gasteiger partial charge in [-0.15, -0.1) is 0 Å². The number of hydrogen-bond acceptors (Lipinski definition) is 6. The molecule has 1 aliphatic rings. The van der Waals surface area contributed by atoms with Gasteiger partial charge in [0.1, 0.15) is 6.10 Å². The van der Waals surface area contributed by atoms with Gasteiger partial charge in [0.05, 0.1) is 24.8 Å². The molecule has 0 bridgehead atoms. The molecule has 0 amide bonds. The summed E-state index contributed by atoms with van der Waals surface area (Å²) in [6.07, 6.45) is -0.162. The van der Waals surface area contributed by atoms with E-state index < -0.39 is 35.5 Å². The van der Waals surface area contributed by atoms with E-state index in [1.54, 1.807) is 6.92 Å². The Morgan fingerprint density at radius 3 is 2.80 bits per heavy atom. The fourth-order valence-corrected chi connectivity index (χ4v) is 2.52. The molecule has 1 aliphatic heterocycles. The summed E-state index contributed by atoms with van der Waals surface area (Å²) < 4.78 is 6.62. The number of aromatic nitrogens is 2. The van der Waals surface area contributed by atoms with Gasteiger partial charge in [-0.2, -0.15) is 0 Å². The van der Waals surface area contributed by atoms with Crippen molar-refractivity contribution in [3.05, 3.63) is 32.6 Å². The molecule has 1 aromatic rings. The number of rotatable bonds is 3. The van der Waals surface area contributed by atoms with E-state index in [-0.39, 0.29) is 6.61 Å². The highest BCUT2D eigenvalue weighted by Crippen LogP contribution is 2.22. The molecule has 0 unspecified atom stereocenters. The van der Waals surface area contributed by atoms with Crippen LogP contribution in [0.25, 0.3) is 0 Å². The number of piperidine rings is 1. The molecule has 0 aliphatic carbocycles. The molecule has 8 heteroatoms. The Balaban J connectivity index is 2.39. The Hall–Kier alpha value is -1.48. The first-order chi connectivity index (χ1) is 9.49. The summed E-state index contributed by atoms with van der Waals surface area (Å²) in [5.41, 5.74) is -0.583. The predicted octanol–water partition coefficient (Wildman–Crippen LogP) is -2.27. The van der Waals surface area contributed by atoms with Crippen molar-refractivity contribution in [3.63, 3.8) is 0 Å². The van der Waals surface area contributed by atoms with Crippen molar-refractivity contribution in [1.82, 2.24) is 14.9 Å². The number of aromatic amines is 1. The van der Waals surface area contributed by atoms with Crippen LogP contribution in [0.2, 0.25) is 0 Å². The van der Waals surface area contributed by atoms with Crippen LogP contribution in [0, 0.1) is 6.92 Å². The molecule has 1 aromatic heterocycles. The van der Waals surface area contributed by atoms with Gasteiger partial charge in [0.2, 0.25) is 0 Å². The van der Waals surface area contributed by atoms with Crippen molar-refractivity contribution in [2.24, 2.45) is 0 Å². The number of nitrogens with zero attached hydrogens (tertiary/aromatic N) is 1. The van der Waals surface area contributed by atoms with Crippen molar-refractivity contribution in [2.75, 3.05) is 20.3 Å². The van der Waals surface area contributed by atoms with E-state index in [1.165, 1.54) is 17.9 Å². The van der Waals surface area contributed by atoms with Crippen LogP contribution in [0.4, 0.5) is 0 Å². The topological polar surface area (TPSA) is 117 Å². The van der Waals surface area contributed by atoms with E-state index in [0.717, 1.165) is 0 Å². The van der Waals surface area contributed by atoms with Crippen molar-refractivity contribution in [1.29, 1.82) is 0 Å². The van der Waals surface area contributed by atoms with Gasteiger partial charge in [-0.1, -0.05) is 0 Å². The third-order valence-corrected chi connectivity index (χ3v) is 3.69. The molecule has 0 spiro atoms. The quantitative estimate of drug-likeness (QED) is 0.497. The van der Waals surface area contributed by atoms with Crippen LogP contribution in [0.1, 0.15) is 11.6 Å². The van der Waals surface area contributed by atoms with Crippen LogP contribution in [0.3, 0.4) is 0 Å². The number of aliphatic hydroxyl groups is 2. The molecule has 4 atom stereocenters. The first-order valence-corrected chi connectivity index (χ1v) is 6.36. The standard InChI is InChI=1S/C12H19N3O5/c1-6-4-15(12(19)14-11(6)18)8-3-13-7(5-16)9(17)10(8)20-2/h4,7-10,13,16-17H,3,5H2,1-2H3,(H,14,18,19)/t7-,8-,9-,10-/m1/s1. The lowest BCUT2D eigenvalue weighted by atomic mass is 9.94. The molecule has 0 aromatic carbocycles. The second-order valence-electron chi connectivity index (χ2n) is 4.93. The molecule has 20 heavy (non-hydrogen) atoms. The number of ether oxygens (including phenoxy) is 1. The minimum absolute atomic E-state index is 0.229. The fourth-order valence-electron chi connectivity index (χ4n) is 2.52. The maximum Gasteiger partial charge on any atom is 0.328 e. The first-order valence-electron chi connectivity index (χ1n) is 6.36. The largest absolute Gasteiger partial charge is 0.395 e. The Labute approximate surface area is 115 Å². The molecule has 4 N–H and O–H groups in total. The molecule has 8 nitrogen and oxygen atoms in total. The number of hydrogen-bond donors (Lipinski definition) is 4. The monoisotopic (exact) mass is 285 g/mol. The van der Waals surface area contributed by atoms with E-state index in [2.05, 4.69) is 10.3 Å². The molecule has 2 rings (SSSR count). The molecule has 1 saturated heterocycles. The molecular weight excluding hydrogens is 266 g/mol. The van der Waals surface area contributed by atoms with Gasteiger partial charge in [0.25, 0.3) is 5.56 Å². The van der Waals surface area contributed by atoms with Gasteiger partial charge < -0.3 is 20.3 Å². The van der Waals surface area contributed by atoms with Gasteiger partial charge in [0, 0.05) is 25.4 Å². The first kappa shape index (κ1) is 14.9. The van der Waals surface area contributed by atoms with E-state index >= 15 is 0 Å². The minimum atomic E-state index is -0.956. The Morgan fingerprint density at radius 2 is 2.20 bits per heavy atom. The summed E-state index contributed by atoms with van der Waals surface area (Å²) in [7, 11) is 1.43. The smallest absolute Gasteiger partial charge is 0.328 e. The molecular formula is C12H19N3O5. The molecule has 112 valence electrons. The third kappa shape index (κ3) is 2.55. The van der Waals surface area contributed by atoms with Crippen molar-refractivity contribution < 1.29 is 14.9 Å². The maximum atomic E-state index is 11.9. The van der Waals surface area contributed by atoms with E-state index in [4.69, 9.17) is 4.74 Å². The summed E-state index contributed by atoms with van der Waals surface area (Å²) in [6.45, 7) is 1.71. The number of H-pyrrole nitrogens is 1. The minimum Gasteiger partial charge on any atom is -0.395 e. The summed E-state index contributed by atoms with van der Waals surface area (Å²) >= 11 is 0. The number of aliphatic hydroxyl groups excluding tert-OH is 2. The van der Waals surface area contributed by atoms with Crippen LogP contribution in [-0.4, -0.2) is 58.3 Å². The van der Waals surface area contributed by atoms with E-state index in [1.807, 2.05) is 0 Å². The zero-order valence-electron chi connectivity index (χ0n) is 11.4. The number of methoxy groups -OCH3 is 1. The molecule has 0 saturated carbocycles. The summed E-state index contributed by atoms with van der Waals surface area (Å²) in [4.78, 5) is 25.5. The average Bonchev–Trinajstić information content (AvgIpc) is 2.42. The van der Waals surface area contributed by atoms with Crippen molar-refractivity contribution in [2.45, 2.75) is 31.2 Å². The van der Waals surface area contributed by atoms with Crippen LogP contribution in [0.15, 0.2) is 15.8 Å². The maximum absolute atomic E-state index is 11.9. The number of aryl methyl sites for hydroxylation is 1. The zero-order chi connectivity index (χ0) is 14.9. The van der Waals surface area contributed by atoms with Crippen LogP contribution < -0.4 is 16.6 Å². The van der Waals surface area contributed by atoms with Gasteiger partial charge in [-0.05, 0) is 6.92 Å². The lowest BCUT2D eigenvalue weighted by Crippen LogP contribution is -2.60. The summed E-state index contributed by atoms with van der Waals surface area (Å²) in [5.74, 6) is 0. The van der Waals surface area contributed by atoms with Crippen molar-refractivity contribution in [3.8, 4) is 0 Å². The van der Waals surface area contributed by atoms with Crippen LogP contribution in [-0.2, 0) is 4.74 Å². The highest BCUT2D eigenvalue weighted by Gasteiger charge is 2.39. The SMILES string of the molecule is CO[C@H]1[C@H](O)[C@@H](CO)NC[C@H]1n1cc(C)c(=O)[nH]c1=O. The van der Waals surface area contributed by atoms with E-state index in [0.29, 0.717) is 12.1 Å². The second kappa shape index (κ2) is 5.88.